The van der Waals surface area contributed by atoms with Gasteiger partial charge >= 0.3 is 5.97 Å². The molecule has 2 aromatic rings. The van der Waals surface area contributed by atoms with Crippen molar-refractivity contribution in [2.45, 2.75) is 38.5 Å². The van der Waals surface area contributed by atoms with Gasteiger partial charge in [-0.3, -0.25) is 9.69 Å². The SMILES string of the molecule is CC1(C2CCN(Cc3ccccc3OCC(=O)O)CC2)CN(Cc2ccccc2)C(=O)CO1. The molecule has 7 nitrogen and oxygen atoms in total. The molecule has 7 heteroatoms. The van der Waals surface area contributed by atoms with Crippen molar-refractivity contribution in [2.75, 3.05) is 32.8 Å². The van der Waals surface area contributed by atoms with Crippen LogP contribution in [0.15, 0.2) is 54.6 Å². The molecular weight excluding hydrogens is 420 g/mol. The summed E-state index contributed by atoms with van der Waals surface area (Å²) in [4.78, 5) is 27.7. The van der Waals surface area contributed by atoms with Crippen LogP contribution in [0.25, 0.3) is 0 Å². The third-order valence-corrected chi connectivity index (χ3v) is 6.77. The lowest BCUT2D eigenvalue weighted by atomic mass is 9.80. The van der Waals surface area contributed by atoms with Crippen molar-refractivity contribution in [3.8, 4) is 5.75 Å². The van der Waals surface area contributed by atoms with E-state index in [0.717, 1.165) is 43.6 Å². The van der Waals surface area contributed by atoms with Gasteiger partial charge in [0.15, 0.2) is 6.61 Å². The fourth-order valence-electron chi connectivity index (χ4n) is 4.88. The molecule has 0 radical (unpaired) electrons. The van der Waals surface area contributed by atoms with Crippen molar-refractivity contribution >= 4 is 11.9 Å². The molecule has 1 atom stereocenters. The number of carboxylic acids is 1. The van der Waals surface area contributed by atoms with E-state index in [9.17, 15) is 9.59 Å². The van der Waals surface area contributed by atoms with Gasteiger partial charge in [-0.15, -0.1) is 0 Å². The number of carbonyl (C=O) groups excluding carboxylic acids is 1. The number of nitrogens with zero attached hydrogens (tertiary/aromatic N) is 2. The van der Waals surface area contributed by atoms with Gasteiger partial charge in [0.05, 0.1) is 12.1 Å². The maximum atomic E-state index is 12.5. The Kier molecular flexibility index (Phi) is 7.30. The number of likely N-dealkylation sites (tertiary alicyclic amines) is 1. The van der Waals surface area contributed by atoms with Gasteiger partial charge in [-0.2, -0.15) is 0 Å². The second-order valence-electron chi connectivity index (χ2n) is 9.18. The number of aliphatic carboxylic acids is 1. The number of para-hydroxylation sites is 1. The number of benzene rings is 2. The van der Waals surface area contributed by atoms with Gasteiger partial charge in [-0.1, -0.05) is 48.5 Å². The van der Waals surface area contributed by atoms with E-state index in [0.29, 0.717) is 24.8 Å². The highest BCUT2D eigenvalue weighted by molar-refractivity contribution is 5.78. The van der Waals surface area contributed by atoms with Crippen molar-refractivity contribution in [1.29, 1.82) is 0 Å². The molecule has 176 valence electrons. The Morgan fingerprint density at radius 3 is 2.52 bits per heavy atom. The third-order valence-electron chi connectivity index (χ3n) is 6.77. The van der Waals surface area contributed by atoms with E-state index in [1.807, 2.05) is 47.4 Å². The van der Waals surface area contributed by atoms with Crippen molar-refractivity contribution in [3.05, 3.63) is 65.7 Å². The van der Waals surface area contributed by atoms with Crippen LogP contribution in [0.1, 0.15) is 30.9 Å². The molecular formula is C26H32N2O5. The van der Waals surface area contributed by atoms with Crippen LogP contribution >= 0.6 is 0 Å². The van der Waals surface area contributed by atoms with Crippen LogP contribution in [-0.2, 0) is 27.4 Å². The maximum absolute atomic E-state index is 12.5. The topological polar surface area (TPSA) is 79.3 Å². The molecule has 2 heterocycles. The van der Waals surface area contributed by atoms with Gasteiger partial charge in [0.1, 0.15) is 12.4 Å². The molecule has 4 rings (SSSR count). The number of carboxylic acid groups (broad SMARTS) is 1. The Morgan fingerprint density at radius 2 is 1.79 bits per heavy atom. The summed E-state index contributed by atoms with van der Waals surface area (Å²) >= 11 is 0. The summed E-state index contributed by atoms with van der Waals surface area (Å²) in [5.74, 6) is 0.0659. The van der Waals surface area contributed by atoms with Gasteiger partial charge < -0.3 is 19.5 Å². The molecule has 0 spiro atoms. The van der Waals surface area contributed by atoms with Crippen LogP contribution in [0, 0.1) is 5.92 Å². The summed E-state index contributed by atoms with van der Waals surface area (Å²) in [5.41, 5.74) is 1.78. The zero-order chi connectivity index (χ0) is 23.3. The average molecular weight is 453 g/mol. The van der Waals surface area contributed by atoms with Crippen molar-refractivity contribution < 1.29 is 24.2 Å². The molecule has 33 heavy (non-hydrogen) atoms. The summed E-state index contributed by atoms with van der Waals surface area (Å²) in [6.07, 6.45) is 1.98. The highest BCUT2D eigenvalue weighted by atomic mass is 16.5. The highest BCUT2D eigenvalue weighted by Crippen LogP contribution is 2.35. The molecule has 2 aliphatic heterocycles. The van der Waals surface area contributed by atoms with E-state index in [1.165, 1.54) is 0 Å². The quantitative estimate of drug-likeness (QED) is 0.663. The Balaban J connectivity index is 1.34. The van der Waals surface area contributed by atoms with Crippen LogP contribution in [0.2, 0.25) is 0 Å². The lowest BCUT2D eigenvalue weighted by molar-refractivity contribution is -0.174. The van der Waals surface area contributed by atoms with Crippen LogP contribution in [0.3, 0.4) is 0 Å². The number of hydrogen-bond donors (Lipinski definition) is 1. The van der Waals surface area contributed by atoms with Crippen LogP contribution in [0.5, 0.6) is 5.75 Å². The number of piperidine rings is 1. The van der Waals surface area contributed by atoms with E-state index in [4.69, 9.17) is 14.6 Å². The first-order valence-electron chi connectivity index (χ1n) is 11.5. The van der Waals surface area contributed by atoms with E-state index in [1.54, 1.807) is 0 Å². The van der Waals surface area contributed by atoms with E-state index in [-0.39, 0.29) is 24.7 Å². The summed E-state index contributed by atoms with van der Waals surface area (Å²) < 4.78 is 11.6. The minimum absolute atomic E-state index is 0.0479. The zero-order valence-electron chi connectivity index (χ0n) is 19.1. The molecule has 2 aromatic carbocycles. The minimum atomic E-state index is -0.980. The highest BCUT2D eigenvalue weighted by Gasteiger charge is 2.43. The fraction of sp³-hybridized carbons (Fsp3) is 0.462. The molecule has 1 unspecified atom stereocenters. The van der Waals surface area contributed by atoms with Crippen molar-refractivity contribution in [3.63, 3.8) is 0 Å². The average Bonchev–Trinajstić information content (AvgIpc) is 2.82. The summed E-state index contributed by atoms with van der Waals surface area (Å²) in [5, 5.41) is 8.91. The number of amides is 1. The summed E-state index contributed by atoms with van der Waals surface area (Å²) in [6, 6.07) is 17.7. The number of hydrogen-bond acceptors (Lipinski definition) is 5. The molecule has 2 aliphatic rings. The monoisotopic (exact) mass is 452 g/mol. The fourth-order valence-corrected chi connectivity index (χ4v) is 4.88. The first kappa shape index (κ1) is 23.3. The first-order chi connectivity index (χ1) is 15.9. The zero-order valence-corrected chi connectivity index (χ0v) is 19.1. The summed E-state index contributed by atoms with van der Waals surface area (Å²) in [7, 11) is 0. The number of rotatable bonds is 8. The number of morpholine rings is 1. The second kappa shape index (κ2) is 10.4. The largest absolute Gasteiger partial charge is 0.482 e. The molecule has 0 aliphatic carbocycles. The molecule has 2 fully saturated rings. The molecule has 0 saturated carbocycles. The lowest BCUT2D eigenvalue weighted by Crippen LogP contribution is -2.57. The molecule has 1 amide bonds. The van der Waals surface area contributed by atoms with Crippen LogP contribution in [0.4, 0.5) is 0 Å². The van der Waals surface area contributed by atoms with Crippen LogP contribution < -0.4 is 4.74 Å². The van der Waals surface area contributed by atoms with Gasteiger partial charge in [-0.25, -0.2) is 4.79 Å². The molecule has 0 aromatic heterocycles. The Bertz CT molecular complexity index is 958. The van der Waals surface area contributed by atoms with Crippen molar-refractivity contribution in [1.82, 2.24) is 9.80 Å². The minimum Gasteiger partial charge on any atom is -0.482 e. The second-order valence-corrected chi connectivity index (χ2v) is 9.18. The number of ether oxygens (including phenoxy) is 2. The predicted octanol–water partition coefficient (Wildman–Crippen LogP) is 3.18. The predicted molar refractivity (Wildman–Crippen MR) is 124 cm³/mol. The van der Waals surface area contributed by atoms with Gasteiger partial charge in [0.2, 0.25) is 5.91 Å². The standard InChI is InChI=1S/C26H32N2O5/c1-26(19-28(24(29)17-33-26)15-20-7-3-2-4-8-20)22-11-13-27(14-12-22)16-21-9-5-6-10-23(21)32-18-25(30)31/h2-10,22H,11-19H2,1H3,(H,30,31). The Labute approximate surface area is 194 Å². The van der Waals surface area contributed by atoms with Gasteiger partial charge in [0.25, 0.3) is 0 Å². The van der Waals surface area contributed by atoms with E-state index >= 15 is 0 Å². The number of carbonyl (C=O) groups is 2. The molecule has 1 N–H and O–H groups in total. The maximum Gasteiger partial charge on any atom is 0.341 e. The van der Waals surface area contributed by atoms with E-state index < -0.39 is 5.97 Å². The Morgan fingerprint density at radius 1 is 1.09 bits per heavy atom. The van der Waals surface area contributed by atoms with Gasteiger partial charge in [-0.05, 0) is 50.4 Å². The third kappa shape index (κ3) is 5.92. The lowest BCUT2D eigenvalue weighted by Gasteiger charge is -2.47. The van der Waals surface area contributed by atoms with Crippen LogP contribution in [-0.4, -0.2) is 65.2 Å². The van der Waals surface area contributed by atoms with Crippen molar-refractivity contribution in [2.24, 2.45) is 5.92 Å². The molecule has 2 saturated heterocycles. The van der Waals surface area contributed by atoms with E-state index in [2.05, 4.69) is 24.0 Å². The van der Waals surface area contributed by atoms with Gasteiger partial charge in [0, 0.05) is 18.7 Å². The summed E-state index contributed by atoms with van der Waals surface area (Å²) in [6.45, 7) is 5.73. The normalized spacial score (nSPS) is 22.3. The Hall–Kier alpha value is -2.90. The molecule has 0 bridgehead atoms. The first-order valence-corrected chi connectivity index (χ1v) is 11.5. The smallest absolute Gasteiger partial charge is 0.341 e.